The summed E-state index contributed by atoms with van der Waals surface area (Å²) in [7, 11) is 0. The van der Waals surface area contributed by atoms with Crippen molar-refractivity contribution in [2.45, 2.75) is 19.8 Å². The highest BCUT2D eigenvalue weighted by molar-refractivity contribution is 6.08. The standard InChI is InChI=1S/C13H15N5O2/c1-7-15-6-8-10(16-7)9(11(14)17-12(8)19)13(20)18-4-2-3-5-18/h6H,2-5H2,1H3,(H3,14,17,19). The zero-order chi connectivity index (χ0) is 14.3. The number of nitrogens with zero attached hydrogens (tertiary/aromatic N) is 3. The van der Waals surface area contributed by atoms with Crippen LogP contribution in [0.2, 0.25) is 0 Å². The molecule has 0 bridgehead atoms. The number of likely N-dealkylation sites (tertiary alicyclic amines) is 1. The monoisotopic (exact) mass is 273 g/mol. The van der Waals surface area contributed by atoms with Gasteiger partial charge in [0.25, 0.3) is 11.5 Å². The first kappa shape index (κ1) is 12.6. The summed E-state index contributed by atoms with van der Waals surface area (Å²) in [5, 5.41) is 0.285. The van der Waals surface area contributed by atoms with Gasteiger partial charge in [0.05, 0.1) is 10.9 Å². The number of hydrogen-bond acceptors (Lipinski definition) is 5. The number of carbonyl (C=O) groups excluding carboxylic acids is 1. The molecule has 0 atom stereocenters. The molecule has 0 aliphatic carbocycles. The van der Waals surface area contributed by atoms with Crippen molar-refractivity contribution in [3.05, 3.63) is 27.9 Å². The van der Waals surface area contributed by atoms with E-state index >= 15 is 0 Å². The molecule has 1 saturated heterocycles. The molecule has 1 aliphatic heterocycles. The van der Waals surface area contributed by atoms with E-state index in [-0.39, 0.29) is 28.2 Å². The van der Waals surface area contributed by atoms with Gasteiger partial charge in [-0.3, -0.25) is 9.59 Å². The van der Waals surface area contributed by atoms with Gasteiger partial charge < -0.3 is 15.6 Å². The van der Waals surface area contributed by atoms with Gasteiger partial charge in [-0.2, -0.15) is 0 Å². The molecule has 7 nitrogen and oxygen atoms in total. The number of aromatic nitrogens is 3. The van der Waals surface area contributed by atoms with E-state index < -0.39 is 0 Å². The molecule has 1 aliphatic rings. The Kier molecular flexibility index (Phi) is 2.89. The maximum Gasteiger partial charge on any atom is 0.260 e. The lowest BCUT2D eigenvalue weighted by molar-refractivity contribution is 0.0795. The topological polar surface area (TPSA) is 105 Å². The van der Waals surface area contributed by atoms with Crippen LogP contribution in [0.15, 0.2) is 11.0 Å². The molecule has 0 unspecified atom stereocenters. The summed E-state index contributed by atoms with van der Waals surface area (Å²) < 4.78 is 0. The van der Waals surface area contributed by atoms with E-state index in [4.69, 9.17) is 5.73 Å². The number of rotatable bonds is 1. The van der Waals surface area contributed by atoms with E-state index in [9.17, 15) is 9.59 Å². The number of amides is 1. The minimum Gasteiger partial charge on any atom is -0.384 e. The van der Waals surface area contributed by atoms with Crippen molar-refractivity contribution < 1.29 is 4.79 Å². The van der Waals surface area contributed by atoms with Gasteiger partial charge >= 0.3 is 0 Å². The summed E-state index contributed by atoms with van der Waals surface area (Å²) in [5.41, 5.74) is 6.06. The van der Waals surface area contributed by atoms with E-state index in [1.165, 1.54) is 6.20 Å². The number of nitrogen functional groups attached to an aromatic ring is 1. The van der Waals surface area contributed by atoms with Crippen molar-refractivity contribution in [2.75, 3.05) is 18.8 Å². The van der Waals surface area contributed by atoms with Crippen LogP contribution < -0.4 is 11.3 Å². The van der Waals surface area contributed by atoms with Crippen LogP contribution in [0.3, 0.4) is 0 Å². The van der Waals surface area contributed by atoms with Gasteiger partial charge in [0.15, 0.2) is 0 Å². The zero-order valence-electron chi connectivity index (χ0n) is 11.1. The molecule has 0 saturated carbocycles. The first-order valence-corrected chi connectivity index (χ1v) is 6.52. The van der Waals surface area contributed by atoms with E-state index in [0.29, 0.717) is 24.4 Å². The Hall–Kier alpha value is -2.44. The fourth-order valence-electron chi connectivity index (χ4n) is 2.50. The average Bonchev–Trinajstić information content (AvgIpc) is 2.91. The molecular formula is C13H15N5O2. The maximum absolute atomic E-state index is 12.6. The Labute approximate surface area is 114 Å². The van der Waals surface area contributed by atoms with Crippen molar-refractivity contribution >= 4 is 22.6 Å². The molecule has 2 aromatic rings. The van der Waals surface area contributed by atoms with Crippen LogP contribution in [0, 0.1) is 6.92 Å². The van der Waals surface area contributed by atoms with E-state index in [2.05, 4.69) is 15.0 Å². The Balaban J connectivity index is 2.25. The number of nitrogens with one attached hydrogen (secondary N) is 1. The summed E-state index contributed by atoms with van der Waals surface area (Å²) in [6.07, 6.45) is 3.40. The average molecular weight is 273 g/mol. The molecule has 20 heavy (non-hydrogen) atoms. The van der Waals surface area contributed by atoms with Crippen molar-refractivity contribution in [3.63, 3.8) is 0 Å². The van der Waals surface area contributed by atoms with Gasteiger partial charge in [-0.1, -0.05) is 0 Å². The molecule has 1 fully saturated rings. The maximum atomic E-state index is 12.6. The van der Waals surface area contributed by atoms with Gasteiger partial charge in [-0.15, -0.1) is 0 Å². The highest BCUT2D eigenvalue weighted by Gasteiger charge is 2.25. The van der Waals surface area contributed by atoms with Crippen molar-refractivity contribution in [1.82, 2.24) is 19.9 Å². The second kappa shape index (κ2) is 4.59. The predicted octanol–water partition coefficient (Wildman–Crippen LogP) is 0.445. The summed E-state index contributed by atoms with van der Waals surface area (Å²) in [5.74, 6) is 0.384. The van der Waals surface area contributed by atoms with Gasteiger partial charge in [0, 0.05) is 19.3 Å². The molecule has 7 heteroatoms. The van der Waals surface area contributed by atoms with Crippen LogP contribution in [0.25, 0.3) is 10.9 Å². The van der Waals surface area contributed by atoms with Gasteiger partial charge in [0.2, 0.25) is 0 Å². The van der Waals surface area contributed by atoms with Gasteiger partial charge in [0.1, 0.15) is 17.2 Å². The number of pyridine rings is 1. The van der Waals surface area contributed by atoms with Crippen molar-refractivity contribution in [1.29, 1.82) is 0 Å². The normalized spacial score (nSPS) is 14.9. The minimum atomic E-state index is -0.379. The van der Waals surface area contributed by atoms with E-state index in [1.807, 2.05) is 0 Å². The number of hydrogen-bond donors (Lipinski definition) is 2. The first-order chi connectivity index (χ1) is 9.58. The molecule has 0 spiro atoms. The fraction of sp³-hybridized carbons (Fsp3) is 0.385. The number of aryl methyl sites for hydroxylation is 1. The van der Waals surface area contributed by atoms with Crippen LogP contribution in [-0.2, 0) is 0 Å². The molecule has 0 aromatic carbocycles. The highest BCUT2D eigenvalue weighted by Crippen LogP contribution is 2.21. The Morgan fingerprint density at radius 2 is 2.10 bits per heavy atom. The molecular weight excluding hydrogens is 258 g/mol. The molecule has 0 radical (unpaired) electrons. The Morgan fingerprint density at radius 3 is 2.80 bits per heavy atom. The van der Waals surface area contributed by atoms with Crippen LogP contribution in [0.5, 0.6) is 0 Å². The minimum absolute atomic E-state index is 0.0671. The van der Waals surface area contributed by atoms with Gasteiger partial charge in [-0.05, 0) is 19.8 Å². The molecule has 2 aromatic heterocycles. The highest BCUT2D eigenvalue weighted by atomic mass is 16.2. The van der Waals surface area contributed by atoms with Crippen molar-refractivity contribution in [3.8, 4) is 0 Å². The Morgan fingerprint density at radius 1 is 1.40 bits per heavy atom. The molecule has 3 N–H and O–H groups in total. The number of aromatic amines is 1. The largest absolute Gasteiger partial charge is 0.384 e. The number of fused-ring (bicyclic) bond motifs is 1. The lowest BCUT2D eigenvalue weighted by Gasteiger charge is -2.17. The van der Waals surface area contributed by atoms with Gasteiger partial charge in [-0.25, -0.2) is 9.97 Å². The second-order valence-electron chi connectivity index (χ2n) is 4.92. The predicted molar refractivity (Wildman–Crippen MR) is 74.4 cm³/mol. The fourth-order valence-corrected chi connectivity index (χ4v) is 2.50. The van der Waals surface area contributed by atoms with E-state index in [0.717, 1.165) is 12.8 Å². The third-order valence-corrected chi connectivity index (χ3v) is 3.52. The van der Waals surface area contributed by atoms with E-state index in [1.54, 1.807) is 11.8 Å². The smallest absolute Gasteiger partial charge is 0.260 e. The first-order valence-electron chi connectivity index (χ1n) is 6.52. The molecule has 1 amide bonds. The van der Waals surface area contributed by atoms with Crippen LogP contribution in [-0.4, -0.2) is 38.8 Å². The summed E-state index contributed by atoms with van der Waals surface area (Å²) >= 11 is 0. The van der Waals surface area contributed by atoms with Crippen LogP contribution in [0.1, 0.15) is 29.0 Å². The SMILES string of the molecule is Cc1ncc2c(=O)[nH]c(N)c(C(=O)N3CCCC3)c2n1. The third-order valence-electron chi connectivity index (χ3n) is 3.52. The molecule has 104 valence electrons. The summed E-state index contributed by atoms with van der Waals surface area (Å²) in [4.78, 5) is 36.9. The zero-order valence-corrected chi connectivity index (χ0v) is 11.1. The molecule has 3 rings (SSSR count). The van der Waals surface area contributed by atoms with Crippen molar-refractivity contribution in [2.24, 2.45) is 0 Å². The third kappa shape index (κ3) is 1.91. The number of nitrogens with two attached hydrogens (primary N) is 1. The lowest BCUT2D eigenvalue weighted by Crippen LogP contribution is -2.30. The van der Waals surface area contributed by atoms with Crippen LogP contribution >= 0.6 is 0 Å². The van der Waals surface area contributed by atoms with Crippen LogP contribution in [0.4, 0.5) is 5.82 Å². The second-order valence-corrected chi connectivity index (χ2v) is 4.92. The Bertz CT molecular complexity index is 746. The number of anilines is 1. The summed E-state index contributed by atoms with van der Waals surface area (Å²) in [6, 6.07) is 0. The number of H-pyrrole nitrogens is 1. The molecule has 3 heterocycles. The quantitative estimate of drug-likeness (QED) is 0.784. The summed E-state index contributed by atoms with van der Waals surface area (Å²) in [6.45, 7) is 3.13. The number of carbonyl (C=O) groups is 1. The lowest BCUT2D eigenvalue weighted by atomic mass is 10.1.